The quantitative estimate of drug-likeness (QED) is 0.556. The molecule has 1 heterocycles. The second-order valence-electron chi connectivity index (χ2n) is 2.49. The van der Waals surface area contributed by atoms with Crippen LogP contribution in [0.3, 0.4) is 0 Å². The number of nitrogens with zero attached hydrogens (tertiary/aromatic N) is 1. The van der Waals surface area contributed by atoms with Crippen LogP contribution in [0.4, 0.5) is 0 Å². The van der Waals surface area contributed by atoms with Crippen molar-refractivity contribution in [1.29, 1.82) is 5.26 Å². The molecule has 0 bridgehead atoms. The van der Waals surface area contributed by atoms with E-state index in [0.717, 1.165) is 0 Å². The maximum Gasteiger partial charge on any atom is 0.334 e. The smallest absolute Gasteiger partial charge is 0.334 e. The lowest BCUT2D eigenvalue weighted by molar-refractivity contribution is -0.139. The summed E-state index contributed by atoms with van der Waals surface area (Å²) in [6, 6.07) is 2.00. The molecular weight excluding hydrogens is 142 g/mol. The monoisotopic (exact) mass is 151 g/mol. The molecule has 0 saturated carbocycles. The third kappa shape index (κ3) is 1.81. The molecule has 0 spiro atoms. The van der Waals surface area contributed by atoms with E-state index in [1.807, 2.05) is 6.07 Å². The zero-order valence-electron chi connectivity index (χ0n) is 6.33. The molecule has 1 aliphatic heterocycles. The Hall–Kier alpha value is -1.30. The van der Waals surface area contributed by atoms with Gasteiger partial charge in [0.05, 0.1) is 6.07 Å². The zero-order chi connectivity index (χ0) is 8.27. The van der Waals surface area contributed by atoms with Crippen LogP contribution in [-0.2, 0) is 9.53 Å². The Labute approximate surface area is 65.3 Å². The summed E-state index contributed by atoms with van der Waals surface area (Å²) < 4.78 is 4.89. The van der Waals surface area contributed by atoms with Crippen LogP contribution in [0, 0.1) is 11.3 Å². The fraction of sp³-hybridized carbons (Fsp3) is 0.500. The zero-order valence-corrected chi connectivity index (χ0v) is 6.33. The van der Waals surface area contributed by atoms with Gasteiger partial charge in [0.15, 0.2) is 0 Å². The van der Waals surface area contributed by atoms with Gasteiger partial charge in [-0.05, 0) is 13.0 Å². The maximum absolute atomic E-state index is 10.8. The molecule has 1 rings (SSSR count). The molecule has 0 unspecified atom stereocenters. The lowest BCUT2D eigenvalue weighted by Crippen LogP contribution is -2.07. The summed E-state index contributed by atoms with van der Waals surface area (Å²) in [6.07, 6.45) is 2.64. The summed E-state index contributed by atoms with van der Waals surface area (Å²) in [6.45, 7) is 1.72. The largest absolute Gasteiger partial charge is 0.455 e. The Morgan fingerprint density at radius 2 is 2.55 bits per heavy atom. The summed E-state index contributed by atoms with van der Waals surface area (Å²) in [5, 5.41) is 8.25. The molecule has 0 saturated heterocycles. The van der Waals surface area contributed by atoms with Crippen molar-refractivity contribution in [3.05, 3.63) is 11.6 Å². The standard InChI is InChI=1S/C8H9NO2/c1-6-5-7(3-2-4-9)11-8(6)10/h5,7H,2-3H2,1H3/t7-/m1/s1. The van der Waals surface area contributed by atoms with Crippen LogP contribution in [0.2, 0.25) is 0 Å². The minimum Gasteiger partial charge on any atom is -0.455 e. The fourth-order valence-electron chi connectivity index (χ4n) is 0.960. The minimum atomic E-state index is -0.257. The molecule has 0 aromatic heterocycles. The topological polar surface area (TPSA) is 50.1 Å². The van der Waals surface area contributed by atoms with Gasteiger partial charge in [0.25, 0.3) is 0 Å². The second-order valence-corrected chi connectivity index (χ2v) is 2.49. The number of rotatable bonds is 2. The maximum atomic E-state index is 10.8. The molecule has 0 radical (unpaired) electrons. The molecule has 1 aliphatic rings. The van der Waals surface area contributed by atoms with Crippen LogP contribution < -0.4 is 0 Å². The highest BCUT2D eigenvalue weighted by molar-refractivity contribution is 5.90. The Balaban J connectivity index is 2.42. The number of carbonyl (C=O) groups is 1. The summed E-state index contributed by atoms with van der Waals surface area (Å²) in [5.41, 5.74) is 0.646. The van der Waals surface area contributed by atoms with Crippen LogP contribution in [0.25, 0.3) is 0 Å². The second kappa shape index (κ2) is 3.20. The number of nitriles is 1. The lowest BCUT2D eigenvalue weighted by Gasteiger charge is -2.03. The Morgan fingerprint density at radius 3 is 3.00 bits per heavy atom. The number of ether oxygens (including phenoxy) is 1. The Kier molecular flexibility index (Phi) is 2.27. The van der Waals surface area contributed by atoms with Crippen LogP contribution in [-0.4, -0.2) is 12.1 Å². The highest BCUT2D eigenvalue weighted by atomic mass is 16.5. The van der Waals surface area contributed by atoms with Crippen LogP contribution in [0.1, 0.15) is 19.8 Å². The first-order chi connectivity index (χ1) is 5.24. The van der Waals surface area contributed by atoms with E-state index in [2.05, 4.69) is 0 Å². The Morgan fingerprint density at radius 1 is 1.82 bits per heavy atom. The average Bonchev–Trinajstić information content (AvgIpc) is 2.28. The van der Waals surface area contributed by atoms with E-state index in [4.69, 9.17) is 10.00 Å². The van der Waals surface area contributed by atoms with Gasteiger partial charge < -0.3 is 4.74 Å². The van der Waals surface area contributed by atoms with Crippen molar-refractivity contribution in [1.82, 2.24) is 0 Å². The molecule has 0 amide bonds. The molecule has 0 aromatic carbocycles. The van der Waals surface area contributed by atoms with E-state index < -0.39 is 0 Å². The normalized spacial score (nSPS) is 22.4. The van der Waals surface area contributed by atoms with Crippen LogP contribution in [0.15, 0.2) is 11.6 Å². The third-order valence-corrected chi connectivity index (χ3v) is 1.56. The predicted molar refractivity (Wildman–Crippen MR) is 38.5 cm³/mol. The van der Waals surface area contributed by atoms with E-state index in [0.29, 0.717) is 18.4 Å². The molecule has 0 aliphatic carbocycles. The molecule has 0 N–H and O–H groups in total. The van der Waals surface area contributed by atoms with Gasteiger partial charge in [-0.1, -0.05) is 0 Å². The minimum absolute atomic E-state index is 0.165. The van der Waals surface area contributed by atoms with Crippen LogP contribution >= 0.6 is 0 Å². The molecule has 1 atom stereocenters. The van der Waals surface area contributed by atoms with Gasteiger partial charge in [0, 0.05) is 18.4 Å². The van der Waals surface area contributed by atoms with Gasteiger partial charge in [0.2, 0.25) is 0 Å². The van der Waals surface area contributed by atoms with Crippen molar-refractivity contribution >= 4 is 5.97 Å². The van der Waals surface area contributed by atoms with Crippen LogP contribution in [0.5, 0.6) is 0 Å². The third-order valence-electron chi connectivity index (χ3n) is 1.56. The molecule has 3 nitrogen and oxygen atoms in total. The van der Waals surface area contributed by atoms with Gasteiger partial charge in [-0.3, -0.25) is 0 Å². The van der Waals surface area contributed by atoms with E-state index in [1.165, 1.54) is 0 Å². The first-order valence-corrected chi connectivity index (χ1v) is 3.50. The number of cyclic esters (lactones) is 1. The number of carbonyl (C=O) groups excluding carboxylic acids is 1. The van der Waals surface area contributed by atoms with Gasteiger partial charge in [-0.25, -0.2) is 4.79 Å². The van der Waals surface area contributed by atoms with Crippen molar-refractivity contribution in [3.63, 3.8) is 0 Å². The van der Waals surface area contributed by atoms with Gasteiger partial charge >= 0.3 is 5.97 Å². The van der Waals surface area contributed by atoms with Crippen molar-refractivity contribution in [2.24, 2.45) is 0 Å². The van der Waals surface area contributed by atoms with E-state index in [9.17, 15) is 4.79 Å². The summed E-state index contributed by atoms with van der Waals surface area (Å²) in [4.78, 5) is 10.8. The molecule has 58 valence electrons. The predicted octanol–water partition coefficient (Wildman–Crippen LogP) is 1.16. The lowest BCUT2D eigenvalue weighted by atomic mass is 10.2. The summed E-state index contributed by atoms with van der Waals surface area (Å²) in [7, 11) is 0. The Bertz CT molecular complexity index is 237. The van der Waals surface area contributed by atoms with Gasteiger partial charge in [0.1, 0.15) is 6.10 Å². The summed E-state index contributed by atoms with van der Waals surface area (Å²) >= 11 is 0. The molecule has 3 heteroatoms. The molecular formula is C8H9NO2. The van der Waals surface area contributed by atoms with Gasteiger partial charge in [-0.15, -0.1) is 0 Å². The number of hydrogen-bond donors (Lipinski definition) is 0. The number of hydrogen-bond acceptors (Lipinski definition) is 3. The molecule has 11 heavy (non-hydrogen) atoms. The van der Waals surface area contributed by atoms with E-state index >= 15 is 0 Å². The first kappa shape index (κ1) is 7.80. The summed E-state index contributed by atoms with van der Waals surface area (Å²) in [5.74, 6) is -0.257. The van der Waals surface area contributed by atoms with E-state index in [1.54, 1.807) is 13.0 Å². The SMILES string of the molecule is CC1=C[C@@H](CCC#N)OC1=O. The first-order valence-electron chi connectivity index (χ1n) is 3.50. The van der Waals surface area contributed by atoms with Gasteiger partial charge in [-0.2, -0.15) is 5.26 Å². The van der Waals surface area contributed by atoms with Crippen molar-refractivity contribution in [2.75, 3.05) is 0 Å². The average molecular weight is 151 g/mol. The highest BCUT2D eigenvalue weighted by Gasteiger charge is 2.21. The van der Waals surface area contributed by atoms with Crippen molar-refractivity contribution in [3.8, 4) is 6.07 Å². The van der Waals surface area contributed by atoms with Crippen molar-refractivity contribution in [2.45, 2.75) is 25.9 Å². The molecule has 0 fully saturated rings. The number of esters is 1. The fourth-order valence-corrected chi connectivity index (χ4v) is 0.960. The molecule has 0 aromatic rings. The van der Waals surface area contributed by atoms with Crippen molar-refractivity contribution < 1.29 is 9.53 Å². The highest BCUT2D eigenvalue weighted by Crippen LogP contribution is 2.16. The van der Waals surface area contributed by atoms with E-state index in [-0.39, 0.29) is 12.1 Å².